The number of aromatic nitrogens is 4. The number of amides is 1. The third kappa shape index (κ3) is 4.27. The SMILES string of the molecule is Cc1nn(-c2cccc(C(F)(F)F)c2)c(C)c1CC(=O)NNc1ncccn1. The summed E-state index contributed by atoms with van der Waals surface area (Å²) in [5.41, 5.74) is 6.36. The van der Waals surface area contributed by atoms with Crippen LogP contribution in [0.1, 0.15) is 22.5 Å². The van der Waals surface area contributed by atoms with E-state index in [1.807, 2.05) is 0 Å². The number of carbonyl (C=O) groups is 1. The van der Waals surface area contributed by atoms with Gasteiger partial charge in [-0.25, -0.2) is 14.6 Å². The van der Waals surface area contributed by atoms with Crippen molar-refractivity contribution in [3.8, 4) is 5.69 Å². The van der Waals surface area contributed by atoms with Crippen LogP contribution in [0.25, 0.3) is 5.69 Å². The van der Waals surface area contributed by atoms with E-state index in [4.69, 9.17) is 0 Å². The quantitative estimate of drug-likeness (QED) is 0.655. The van der Waals surface area contributed by atoms with Gasteiger partial charge in [0.15, 0.2) is 0 Å². The highest BCUT2D eigenvalue weighted by Gasteiger charge is 2.30. The van der Waals surface area contributed by atoms with Crippen molar-refractivity contribution in [1.29, 1.82) is 0 Å². The van der Waals surface area contributed by atoms with Gasteiger partial charge in [-0.2, -0.15) is 18.3 Å². The van der Waals surface area contributed by atoms with Crippen LogP contribution in [0.2, 0.25) is 0 Å². The number of hydrogen-bond acceptors (Lipinski definition) is 5. The summed E-state index contributed by atoms with van der Waals surface area (Å²) >= 11 is 0. The molecule has 0 saturated heterocycles. The topological polar surface area (TPSA) is 84.7 Å². The van der Waals surface area contributed by atoms with Gasteiger partial charge < -0.3 is 0 Å². The molecule has 1 amide bonds. The van der Waals surface area contributed by atoms with Crippen LogP contribution in [0.15, 0.2) is 42.7 Å². The molecular weight excluding hydrogens is 373 g/mol. The lowest BCUT2D eigenvalue weighted by molar-refractivity contribution is -0.137. The molecule has 0 atom stereocenters. The molecule has 0 bridgehead atoms. The van der Waals surface area contributed by atoms with Gasteiger partial charge in [0.1, 0.15) is 0 Å². The highest BCUT2D eigenvalue weighted by Crippen LogP contribution is 2.30. The molecule has 3 aromatic rings. The van der Waals surface area contributed by atoms with Crippen LogP contribution in [-0.2, 0) is 17.4 Å². The third-order valence-electron chi connectivity index (χ3n) is 4.08. The van der Waals surface area contributed by atoms with Crippen molar-refractivity contribution >= 4 is 11.9 Å². The zero-order valence-electron chi connectivity index (χ0n) is 15.1. The van der Waals surface area contributed by atoms with Crippen molar-refractivity contribution in [2.75, 3.05) is 5.43 Å². The van der Waals surface area contributed by atoms with E-state index in [1.54, 1.807) is 19.9 Å². The number of anilines is 1. The Hall–Kier alpha value is -3.43. The molecule has 0 aliphatic carbocycles. The van der Waals surface area contributed by atoms with Crippen LogP contribution < -0.4 is 10.9 Å². The van der Waals surface area contributed by atoms with Crippen LogP contribution >= 0.6 is 0 Å². The number of carbonyl (C=O) groups excluding carboxylic acids is 1. The molecule has 0 saturated carbocycles. The molecule has 0 unspecified atom stereocenters. The minimum absolute atomic E-state index is 0.00351. The predicted octanol–water partition coefficient (Wildman–Crippen LogP) is 2.98. The number of aryl methyl sites for hydroxylation is 1. The number of nitrogens with one attached hydrogen (secondary N) is 2. The van der Waals surface area contributed by atoms with E-state index in [-0.39, 0.29) is 24.0 Å². The molecule has 0 spiro atoms. The minimum atomic E-state index is -4.44. The minimum Gasteiger partial charge on any atom is -0.273 e. The van der Waals surface area contributed by atoms with Crippen molar-refractivity contribution in [1.82, 2.24) is 25.2 Å². The van der Waals surface area contributed by atoms with Crippen LogP contribution in [0.5, 0.6) is 0 Å². The Morgan fingerprint density at radius 3 is 2.54 bits per heavy atom. The Kier molecular flexibility index (Phi) is 5.30. The van der Waals surface area contributed by atoms with Gasteiger partial charge in [0, 0.05) is 23.7 Å². The van der Waals surface area contributed by atoms with Crippen LogP contribution in [0, 0.1) is 13.8 Å². The van der Waals surface area contributed by atoms with E-state index in [2.05, 4.69) is 25.9 Å². The molecular formula is C18H17F3N6O. The first kappa shape index (κ1) is 19.3. The molecule has 7 nitrogen and oxygen atoms in total. The van der Waals surface area contributed by atoms with E-state index in [0.29, 0.717) is 17.0 Å². The molecule has 2 N–H and O–H groups in total. The van der Waals surface area contributed by atoms with Gasteiger partial charge in [-0.1, -0.05) is 6.07 Å². The van der Waals surface area contributed by atoms with Gasteiger partial charge in [-0.3, -0.25) is 15.6 Å². The number of hydrazine groups is 1. The summed E-state index contributed by atoms with van der Waals surface area (Å²) in [6, 6.07) is 6.53. The average Bonchev–Trinajstić information content (AvgIpc) is 2.95. The normalized spacial score (nSPS) is 11.3. The molecule has 28 heavy (non-hydrogen) atoms. The molecule has 0 radical (unpaired) electrons. The molecule has 2 heterocycles. The molecule has 0 aliphatic rings. The second-order valence-corrected chi connectivity index (χ2v) is 6.03. The first-order valence-corrected chi connectivity index (χ1v) is 8.30. The largest absolute Gasteiger partial charge is 0.416 e. The Morgan fingerprint density at radius 2 is 1.86 bits per heavy atom. The lowest BCUT2D eigenvalue weighted by Gasteiger charge is -2.10. The van der Waals surface area contributed by atoms with Gasteiger partial charge in [-0.05, 0) is 38.1 Å². The summed E-state index contributed by atoms with van der Waals surface area (Å²) in [7, 11) is 0. The second kappa shape index (κ2) is 7.67. The molecule has 2 aromatic heterocycles. The standard InChI is InChI=1S/C18H17F3N6O/c1-11-15(10-16(28)24-25-17-22-7-4-8-23-17)12(2)27(26-11)14-6-3-5-13(9-14)18(19,20)21/h3-9H,10H2,1-2H3,(H,24,28)(H,22,23,25). The molecule has 146 valence electrons. The summed E-state index contributed by atoms with van der Waals surface area (Å²) in [4.78, 5) is 20.0. The van der Waals surface area contributed by atoms with Crippen LogP contribution in [0.4, 0.5) is 19.1 Å². The summed E-state index contributed by atoms with van der Waals surface area (Å²) in [6.45, 7) is 3.41. The van der Waals surface area contributed by atoms with E-state index in [9.17, 15) is 18.0 Å². The van der Waals surface area contributed by atoms with Gasteiger partial charge in [0.05, 0.1) is 23.4 Å². The Balaban J connectivity index is 1.78. The molecule has 10 heteroatoms. The van der Waals surface area contributed by atoms with Gasteiger partial charge in [0.2, 0.25) is 11.9 Å². The van der Waals surface area contributed by atoms with E-state index < -0.39 is 11.7 Å². The van der Waals surface area contributed by atoms with Crippen LogP contribution in [-0.4, -0.2) is 25.7 Å². The van der Waals surface area contributed by atoms with Crippen LogP contribution in [0.3, 0.4) is 0 Å². The molecule has 0 fully saturated rings. The summed E-state index contributed by atoms with van der Waals surface area (Å²) in [6.07, 6.45) is -1.40. The second-order valence-electron chi connectivity index (χ2n) is 6.03. The van der Waals surface area contributed by atoms with Crippen molar-refractivity contribution in [2.24, 2.45) is 0 Å². The maximum atomic E-state index is 13.0. The van der Waals surface area contributed by atoms with E-state index in [1.165, 1.54) is 29.2 Å². The van der Waals surface area contributed by atoms with Crippen molar-refractivity contribution in [2.45, 2.75) is 26.4 Å². The molecule has 1 aromatic carbocycles. The maximum Gasteiger partial charge on any atom is 0.416 e. The van der Waals surface area contributed by atoms with Crippen molar-refractivity contribution < 1.29 is 18.0 Å². The number of nitrogens with zero attached hydrogens (tertiary/aromatic N) is 4. The number of halogens is 3. The van der Waals surface area contributed by atoms with Gasteiger partial charge >= 0.3 is 6.18 Å². The lowest BCUT2D eigenvalue weighted by atomic mass is 10.1. The predicted molar refractivity (Wildman–Crippen MR) is 95.5 cm³/mol. The highest BCUT2D eigenvalue weighted by molar-refractivity contribution is 5.80. The Bertz CT molecular complexity index is 985. The fourth-order valence-corrected chi connectivity index (χ4v) is 2.69. The zero-order chi connectivity index (χ0) is 20.3. The monoisotopic (exact) mass is 390 g/mol. The maximum absolute atomic E-state index is 13.0. The number of benzene rings is 1. The van der Waals surface area contributed by atoms with Crippen molar-refractivity contribution in [3.63, 3.8) is 0 Å². The molecule has 3 rings (SSSR count). The van der Waals surface area contributed by atoms with Crippen molar-refractivity contribution in [3.05, 3.63) is 65.2 Å². The third-order valence-corrected chi connectivity index (χ3v) is 4.08. The first-order chi connectivity index (χ1) is 13.3. The Morgan fingerprint density at radius 1 is 1.14 bits per heavy atom. The van der Waals surface area contributed by atoms with Gasteiger partial charge in [-0.15, -0.1) is 0 Å². The fraction of sp³-hybridized carbons (Fsp3) is 0.222. The number of hydrogen-bond donors (Lipinski definition) is 2. The van der Waals surface area contributed by atoms with E-state index >= 15 is 0 Å². The zero-order valence-corrected chi connectivity index (χ0v) is 15.1. The van der Waals surface area contributed by atoms with E-state index in [0.717, 1.165) is 12.1 Å². The lowest BCUT2D eigenvalue weighted by Crippen LogP contribution is -2.31. The first-order valence-electron chi connectivity index (χ1n) is 8.30. The molecule has 0 aliphatic heterocycles. The highest BCUT2D eigenvalue weighted by atomic mass is 19.4. The summed E-state index contributed by atoms with van der Waals surface area (Å²) < 4.78 is 40.3. The fourth-order valence-electron chi connectivity index (χ4n) is 2.69. The number of alkyl halides is 3. The summed E-state index contributed by atoms with van der Waals surface area (Å²) in [5.74, 6) is -0.119. The summed E-state index contributed by atoms with van der Waals surface area (Å²) in [5, 5.41) is 4.30. The average molecular weight is 390 g/mol. The van der Waals surface area contributed by atoms with Gasteiger partial charge in [0.25, 0.3) is 0 Å². The Labute approximate surface area is 158 Å². The number of rotatable bonds is 5. The smallest absolute Gasteiger partial charge is 0.273 e.